The van der Waals surface area contributed by atoms with Gasteiger partial charge in [-0.05, 0) is 44.0 Å². The van der Waals surface area contributed by atoms with Gasteiger partial charge in [-0.15, -0.1) is 0 Å². The molecule has 0 saturated heterocycles. The van der Waals surface area contributed by atoms with E-state index in [0.29, 0.717) is 16.8 Å². The Hall–Kier alpha value is -2.21. The molecule has 1 saturated carbocycles. The molecule has 1 amide bonds. The first-order valence-corrected chi connectivity index (χ1v) is 8.30. The summed E-state index contributed by atoms with van der Waals surface area (Å²) in [4.78, 5) is 12.5. The summed E-state index contributed by atoms with van der Waals surface area (Å²) in [5.74, 6) is -0.704. The van der Waals surface area contributed by atoms with Crippen molar-refractivity contribution in [3.8, 4) is 11.3 Å². The van der Waals surface area contributed by atoms with Crippen molar-refractivity contribution in [2.45, 2.75) is 51.2 Å². The van der Waals surface area contributed by atoms with Crippen LogP contribution in [0.2, 0.25) is 0 Å². The predicted octanol–water partition coefficient (Wildman–Crippen LogP) is 3.60. The molecule has 1 aromatic heterocycles. The Morgan fingerprint density at radius 1 is 1.29 bits per heavy atom. The Labute approximate surface area is 139 Å². The van der Waals surface area contributed by atoms with E-state index in [4.69, 9.17) is 4.52 Å². The third kappa shape index (κ3) is 3.48. The Morgan fingerprint density at radius 2 is 1.96 bits per heavy atom. The highest BCUT2D eigenvalue weighted by atomic mass is 19.1. The fourth-order valence-corrected chi connectivity index (χ4v) is 3.16. The van der Waals surface area contributed by atoms with Gasteiger partial charge in [-0.1, -0.05) is 24.4 Å². The van der Waals surface area contributed by atoms with Gasteiger partial charge in [0.1, 0.15) is 11.5 Å². The van der Waals surface area contributed by atoms with E-state index in [9.17, 15) is 14.3 Å². The maximum Gasteiger partial charge on any atom is 0.290 e. The van der Waals surface area contributed by atoms with Crippen molar-refractivity contribution in [3.63, 3.8) is 0 Å². The number of aromatic nitrogens is 1. The van der Waals surface area contributed by atoms with Gasteiger partial charge in [0.15, 0.2) is 0 Å². The minimum Gasteiger partial charge on any atom is -0.388 e. The van der Waals surface area contributed by atoms with Gasteiger partial charge in [0.25, 0.3) is 5.91 Å². The van der Waals surface area contributed by atoms with Crippen LogP contribution < -0.4 is 5.32 Å². The summed E-state index contributed by atoms with van der Waals surface area (Å²) < 4.78 is 18.3. The number of rotatable bonds is 4. The number of hydrogen-bond acceptors (Lipinski definition) is 4. The lowest BCUT2D eigenvalue weighted by molar-refractivity contribution is 0.0881. The van der Waals surface area contributed by atoms with Crippen molar-refractivity contribution >= 4 is 5.91 Å². The zero-order valence-corrected chi connectivity index (χ0v) is 13.6. The van der Waals surface area contributed by atoms with Crippen LogP contribution in [-0.4, -0.2) is 22.2 Å². The lowest BCUT2D eigenvalue weighted by atomic mass is 9.95. The molecule has 2 N–H and O–H groups in total. The van der Waals surface area contributed by atoms with Gasteiger partial charge < -0.3 is 14.9 Å². The minimum absolute atomic E-state index is 0.0231. The molecular formula is C18H21FN2O3. The fourth-order valence-electron chi connectivity index (χ4n) is 3.16. The second kappa shape index (κ2) is 7.13. The number of hydrogen-bond donors (Lipinski definition) is 2. The molecule has 128 valence electrons. The number of carbonyl (C=O) groups excluding carboxylic acids is 1. The summed E-state index contributed by atoms with van der Waals surface area (Å²) in [5.41, 5.74) is 1.28. The second-order valence-corrected chi connectivity index (χ2v) is 6.27. The summed E-state index contributed by atoms with van der Waals surface area (Å²) in [6, 6.07) is 5.83. The molecule has 1 fully saturated rings. The number of aliphatic hydroxyl groups excluding tert-OH is 1. The first-order chi connectivity index (χ1) is 11.6. The maximum absolute atomic E-state index is 13.1. The summed E-state index contributed by atoms with van der Waals surface area (Å²) in [5, 5.41) is 17.0. The van der Waals surface area contributed by atoms with E-state index >= 15 is 0 Å². The fraction of sp³-hybridized carbons (Fsp3) is 0.444. The van der Waals surface area contributed by atoms with Crippen LogP contribution in [0, 0.1) is 5.82 Å². The first-order valence-electron chi connectivity index (χ1n) is 8.30. The summed E-state index contributed by atoms with van der Waals surface area (Å²) in [6.45, 7) is 1.55. The standard InChI is InChI=1S/C18H21FN2O3/c1-11(22)15-16(12-7-9-13(19)10-8-12)21-24-17(15)18(23)20-14-5-3-2-4-6-14/h7-11,14,22H,2-6H2,1H3,(H,20,23)/t11-/m0/s1. The van der Waals surface area contributed by atoms with Crippen LogP contribution >= 0.6 is 0 Å². The zero-order chi connectivity index (χ0) is 17.1. The van der Waals surface area contributed by atoms with Gasteiger partial charge in [-0.2, -0.15) is 0 Å². The maximum atomic E-state index is 13.1. The molecule has 5 nitrogen and oxygen atoms in total. The molecule has 1 atom stereocenters. The molecule has 0 bridgehead atoms. The third-order valence-corrected chi connectivity index (χ3v) is 4.41. The van der Waals surface area contributed by atoms with Gasteiger partial charge in [0.2, 0.25) is 5.76 Å². The monoisotopic (exact) mass is 332 g/mol. The number of halogens is 1. The van der Waals surface area contributed by atoms with Gasteiger partial charge in [0.05, 0.1) is 11.7 Å². The predicted molar refractivity (Wildman–Crippen MR) is 86.9 cm³/mol. The Balaban J connectivity index is 1.88. The number of benzene rings is 1. The third-order valence-electron chi connectivity index (χ3n) is 4.41. The van der Waals surface area contributed by atoms with E-state index in [1.807, 2.05) is 0 Å². The second-order valence-electron chi connectivity index (χ2n) is 6.27. The van der Waals surface area contributed by atoms with Gasteiger partial charge in [0, 0.05) is 11.6 Å². The lowest BCUT2D eigenvalue weighted by Crippen LogP contribution is -2.36. The molecule has 0 unspecified atom stereocenters. The molecule has 0 radical (unpaired) electrons. The SMILES string of the molecule is C[C@H](O)c1c(-c2ccc(F)cc2)noc1C(=O)NC1CCCCC1. The summed E-state index contributed by atoms with van der Waals surface area (Å²) in [7, 11) is 0. The number of amides is 1. The van der Waals surface area contributed by atoms with Crippen LogP contribution in [0.25, 0.3) is 11.3 Å². The molecule has 0 spiro atoms. The lowest BCUT2D eigenvalue weighted by Gasteiger charge is -2.22. The van der Waals surface area contributed by atoms with Gasteiger partial charge in [-0.25, -0.2) is 4.39 Å². The van der Waals surface area contributed by atoms with E-state index in [1.54, 1.807) is 19.1 Å². The van der Waals surface area contributed by atoms with Crippen molar-refractivity contribution in [2.75, 3.05) is 0 Å². The zero-order valence-electron chi connectivity index (χ0n) is 13.6. The molecule has 2 aromatic rings. The average Bonchev–Trinajstić information content (AvgIpc) is 3.02. The molecule has 1 heterocycles. The highest BCUT2D eigenvalue weighted by Gasteiger charge is 2.28. The minimum atomic E-state index is -0.927. The molecule has 1 aliphatic carbocycles. The molecule has 3 rings (SSSR count). The molecule has 1 aliphatic rings. The summed E-state index contributed by atoms with van der Waals surface area (Å²) >= 11 is 0. The van der Waals surface area contributed by atoms with Crippen molar-refractivity contribution in [1.82, 2.24) is 10.5 Å². The number of nitrogens with one attached hydrogen (secondary N) is 1. The molecule has 6 heteroatoms. The van der Waals surface area contributed by atoms with Crippen LogP contribution in [0.15, 0.2) is 28.8 Å². The average molecular weight is 332 g/mol. The molecule has 0 aliphatic heterocycles. The van der Waals surface area contributed by atoms with Crippen LogP contribution in [0.3, 0.4) is 0 Å². The topological polar surface area (TPSA) is 75.4 Å². The van der Waals surface area contributed by atoms with E-state index in [-0.39, 0.29) is 23.5 Å². The normalized spacial score (nSPS) is 16.8. The van der Waals surface area contributed by atoms with E-state index in [0.717, 1.165) is 25.7 Å². The van der Waals surface area contributed by atoms with E-state index in [2.05, 4.69) is 10.5 Å². The Kier molecular flexibility index (Phi) is 4.94. The smallest absolute Gasteiger partial charge is 0.290 e. The van der Waals surface area contributed by atoms with Crippen LogP contribution in [0.1, 0.15) is 61.3 Å². The van der Waals surface area contributed by atoms with Crippen LogP contribution in [0.4, 0.5) is 4.39 Å². The Bertz CT molecular complexity index is 704. The molecular weight excluding hydrogens is 311 g/mol. The van der Waals surface area contributed by atoms with Crippen molar-refractivity contribution < 1.29 is 18.8 Å². The van der Waals surface area contributed by atoms with Gasteiger partial charge >= 0.3 is 0 Å². The van der Waals surface area contributed by atoms with Crippen molar-refractivity contribution in [3.05, 3.63) is 41.4 Å². The highest BCUT2D eigenvalue weighted by Crippen LogP contribution is 2.31. The van der Waals surface area contributed by atoms with Gasteiger partial charge in [-0.3, -0.25) is 4.79 Å². The molecule has 1 aromatic carbocycles. The first kappa shape index (κ1) is 16.6. The number of nitrogens with zero attached hydrogens (tertiary/aromatic N) is 1. The quantitative estimate of drug-likeness (QED) is 0.897. The highest BCUT2D eigenvalue weighted by molar-refractivity contribution is 5.94. The summed E-state index contributed by atoms with van der Waals surface area (Å²) in [6.07, 6.45) is 4.38. The van der Waals surface area contributed by atoms with Crippen LogP contribution in [0.5, 0.6) is 0 Å². The number of aliphatic hydroxyl groups is 1. The Morgan fingerprint density at radius 3 is 2.58 bits per heavy atom. The largest absolute Gasteiger partial charge is 0.388 e. The van der Waals surface area contributed by atoms with E-state index in [1.165, 1.54) is 18.6 Å². The number of carbonyl (C=O) groups is 1. The van der Waals surface area contributed by atoms with Crippen molar-refractivity contribution in [1.29, 1.82) is 0 Å². The van der Waals surface area contributed by atoms with Crippen molar-refractivity contribution in [2.24, 2.45) is 0 Å². The van der Waals surface area contributed by atoms with Crippen LogP contribution in [-0.2, 0) is 0 Å². The molecule has 24 heavy (non-hydrogen) atoms. The van der Waals surface area contributed by atoms with E-state index < -0.39 is 6.10 Å².